The third-order valence-corrected chi connectivity index (χ3v) is 3.77. The van der Waals surface area contributed by atoms with Gasteiger partial charge in [-0.2, -0.15) is 4.98 Å². The summed E-state index contributed by atoms with van der Waals surface area (Å²) in [6, 6.07) is 5.99. The van der Waals surface area contributed by atoms with Crippen LogP contribution in [0, 0.1) is 11.2 Å². The molecular formula is C16H22FN3O. The number of halogens is 1. The molecule has 1 heterocycles. The molecule has 2 aromatic rings. The Morgan fingerprint density at radius 1 is 1.10 bits per heavy atom. The SMILES string of the molecule is CC(C)(c1ccc(F)cc1)c1noc([C@@H](N)C(C)(C)C)n1. The zero-order valence-corrected chi connectivity index (χ0v) is 13.1. The minimum Gasteiger partial charge on any atom is -0.338 e. The fourth-order valence-electron chi connectivity index (χ4n) is 1.98. The highest BCUT2D eigenvalue weighted by atomic mass is 19.1. The van der Waals surface area contributed by atoms with Gasteiger partial charge in [-0.25, -0.2) is 4.39 Å². The Kier molecular flexibility index (Phi) is 3.89. The zero-order valence-electron chi connectivity index (χ0n) is 13.1. The molecule has 0 bridgehead atoms. The van der Waals surface area contributed by atoms with Crippen molar-refractivity contribution < 1.29 is 8.91 Å². The summed E-state index contributed by atoms with van der Waals surface area (Å²) in [6.45, 7) is 10.0. The molecule has 0 aliphatic heterocycles. The van der Waals surface area contributed by atoms with Crippen molar-refractivity contribution in [3.05, 3.63) is 47.4 Å². The van der Waals surface area contributed by atoms with E-state index in [-0.39, 0.29) is 17.3 Å². The molecule has 0 aliphatic rings. The monoisotopic (exact) mass is 291 g/mol. The first-order valence-corrected chi connectivity index (χ1v) is 6.98. The van der Waals surface area contributed by atoms with Crippen molar-refractivity contribution in [2.24, 2.45) is 11.1 Å². The summed E-state index contributed by atoms with van der Waals surface area (Å²) < 4.78 is 18.4. The standard InChI is InChI=1S/C16H22FN3O/c1-15(2,3)12(18)13-19-14(20-21-13)16(4,5)10-6-8-11(17)9-7-10/h6-9,12H,18H2,1-5H3/t12-/m1/s1. The number of rotatable bonds is 3. The fourth-order valence-corrected chi connectivity index (χ4v) is 1.98. The Bertz CT molecular complexity index is 611. The Morgan fingerprint density at radius 2 is 1.67 bits per heavy atom. The Morgan fingerprint density at radius 3 is 2.19 bits per heavy atom. The Labute approximate surface area is 124 Å². The molecule has 4 nitrogen and oxygen atoms in total. The minimum absolute atomic E-state index is 0.163. The van der Waals surface area contributed by atoms with E-state index in [0.29, 0.717) is 11.7 Å². The van der Waals surface area contributed by atoms with Crippen LogP contribution in [-0.4, -0.2) is 10.1 Å². The number of nitrogens with two attached hydrogens (primary N) is 1. The van der Waals surface area contributed by atoms with Crippen LogP contribution in [0.15, 0.2) is 28.8 Å². The van der Waals surface area contributed by atoms with E-state index in [1.54, 1.807) is 12.1 Å². The van der Waals surface area contributed by atoms with Crippen molar-refractivity contribution in [2.75, 3.05) is 0 Å². The molecule has 2 N–H and O–H groups in total. The highest BCUT2D eigenvalue weighted by Crippen LogP contribution is 2.33. The molecule has 1 atom stereocenters. The summed E-state index contributed by atoms with van der Waals surface area (Å²) in [6.07, 6.45) is 0. The first kappa shape index (κ1) is 15.6. The summed E-state index contributed by atoms with van der Waals surface area (Å²) in [7, 11) is 0. The number of nitrogens with zero attached hydrogens (tertiary/aromatic N) is 2. The van der Waals surface area contributed by atoms with E-state index in [9.17, 15) is 4.39 Å². The van der Waals surface area contributed by atoms with E-state index in [1.807, 2.05) is 34.6 Å². The van der Waals surface area contributed by atoms with Crippen LogP contribution in [0.1, 0.15) is 57.9 Å². The van der Waals surface area contributed by atoms with Crippen molar-refractivity contribution in [3.63, 3.8) is 0 Å². The molecule has 0 aliphatic carbocycles. The number of aromatic nitrogens is 2. The molecule has 0 radical (unpaired) electrons. The van der Waals surface area contributed by atoms with Gasteiger partial charge in [0.2, 0.25) is 5.89 Å². The lowest BCUT2D eigenvalue weighted by molar-refractivity contribution is 0.251. The van der Waals surface area contributed by atoms with E-state index < -0.39 is 5.41 Å². The summed E-state index contributed by atoms with van der Waals surface area (Å²) in [5.41, 5.74) is 6.42. The second-order valence-corrected chi connectivity index (χ2v) is 6.93. The maximum atomic E-state index is 13.1. The van der Waals surface area contributed by atoms with Crippen molar-refractivity contribution >= 4 is 0 Å². The van der Waals surface area contributed by atoms with E-state index in [2.05, 4.69) is 10.1 Å². The van der Waals surface area contributed by atoms with Crippen LogP contribution >= 0.6 is 0 Å². The molecule has 0 saturated carbocycles. The highest BCUT2D eigenvalue weighted by molar-refractivity contribution is 5.30. The van der Waals surface area contributed by atoms with Crippen molar-refractivity contribution in [3.8, 4) is 0 Å². The highest BCUT2D eigenvalue weighted by Gasteiger charge is 2.32. The Hall–Kier alpha value is -1.75. The molecule has 0 unspecified atom stereocenters. The zero-order chi connectivity index (χ0) is 15.8. The molecule has 0 saturated heterocycles. The molecule has 114 valence electrons. The van der Waals surface area contributed by atoms with Gasteiger partial charge in [0.25, 0.3) is 0 Å². The average Bonchev–Trinajstić information content (AvgIpc) is 2.87. The van der Waals surface area contributed by atoms with Gasteiger partial charge in [0, 0.05) is 0 Å². The van der Waals surface area contributed by atoms with Gasteiger partial charge in [0.05, 0.1) is 11.5 Å². The van der Waals surface area contributed by atoms with E-state index in [4.69, 9.17) is 10.3 Å². The molecule has 21 heavy (non-hydrogen) atoms. The molecule has 2 rings (SSSR count). The van der Waals surface area contributed by atoms with E-state index >= 15 is 0 Å². The molecule has 0 spiro atoms. The van der Waals surface area contributed by atoms with Crippen LogP contribution in [0.3, 0.4) is 0 Å². The maximum Gasteiger partial charge on any atom is 0.244 e. The molecule has 5 heteroatoms. The largest absolute Gasteiger partial charge is 0.338 e. The lowest BCUT2D eigenvalue weighted by Gasteiger charge is -2.23. The lowest BCUT2D eigenvalue weighted by Crippen LogP contribution is -2.27. The summed E-state index contributed by atoms with van der Waals surface area (Å²) in [5, 5.41) is 4.06. The number of hydrogen-bond donors (Lipinski definition) is 1. The first-order chi connectivity index (χ1) is 9.62. The average molecular weight is 291 g/mol. The molecule has 1 aromatic carbocycles. The van der Waals surface area contributed by atoms with E-state index in [1.165, 1.54) is 12.1 Å². The normalized spacial score (nSPS) is 14.2. The maximum absolute atomic E-state index is 13.1. The van der Waals surface area contributed by atoms with E-state index in [0.717, 1.165) is 5.56 Å². The van der Waals surface area contributed by atoms with Gasteiger partial charge >= 0.3 is 0 Å². The first-order valence-electron chi connectivity index (χ1n) is 6.98. The second kappa shape index (κ2) is 5.22. The van der Waals surface area contributed by atoms with Crippen LogP contribution in [0.5, 0.6) is 0 Å². The quantitative estimate of drug-likeness (QED) is 0.938. The van der Waals surface area contributed by atoms with Gasteiger partial charge in [0.15, 0.2) is 5.82 Å². The van der Waals surface area contributed by atoms with Crippen LogP contribution in [0.25, 0.3) is 0 Å². The Balaban J connectivity index is 2.34. The molecule has 0 amide bonds. The predicted octanol–water partition coefficient (Wildman–Crippen LogP) is 3.58. The third-order valence-electron chi connectivity index (χ3n) is 3.77. The van der Waals surface area contributed by atoms with Gasteiger partial charge < -0.3 is 10.3 Å². The number of benzene rings is 1. The van der Waals surface area contributed by atoms with Crippen molar-refractivity contribution in [2.45, 2.75) is 46.1 Å². The van der Waals surface area contributed by atoms with Gasteiger partial charge in [-0.1, -0.05) is 38.1 Å². The van der Waals surface area contributed by atoms with Crippen LogP contribution in [-0.2, 0) is 5.41 Å². The van der Waals surface area contributed by atoms with Crippen molar-refractivity contribution in [1.29, 1.82) is 0 Å². The van der Waals surface area contributed by atoms with Gasteiger partial charge in [0.1, 0.15) is 5.82 Å². The minimum atomic E-state index is -0.479. The predicted molar refractivity (Wildman–Crippen MR) is 79.2 cm³/mol. The third kappa shape index (κ3) is 3.13. The molecule has 1 aromatic heterocycles. The number of hydrogen-bond acceptors (Lipinski definition) is 4. The second-order valence-electron chi connectivity index (χ2n) is 6.93. The van der Waals surface area contributed by atoms with Crippen molar-refractivity contribution in [1.82, 2.24) is 10.1 Å². The smallest absolute Gasteiger partial charge is 0.244 e. The van der Waals surface area contributed by atoms with Gasteiger partial charge in [-0.3, -0.25) is 0 Å². The molecule has 0 fully saturated rings. The van der Waals surface area contributed by atoms with Gasteiger partial charge in [-0.15, -0.1) is 0 Å². The summed E-state index contributed by atoms with van der Waals surface area (Å²) in [5.74, 6) is 0.703. The fraction of sp³-hybridized carbons (Fsp3) is 0.500. The van der Waals surface area contributed by atoms with Crippen LogP contribution in [0.2, 0.25) is 0 Å². The summed E-state index contributed by atoms with van der Waals surface area (Å²) >= 11 is 0. The van der Waals surface area contributed by atoms with Crippen LogP contribution < -0.4 is 5.73 Å². The summed E-state index contributed by atoms with van der Waals surface area (Å²) in [4.78, 5) is 4.45. The van der Waals surface area contributed by atoms with Crippen LogP contribution in [0.4, 0.5) is 4.39 Å². The lowest BCUT2D eigenvalue weighted by atomic mass is 9.83. The topological polar surface area (TPSA) is 64.9 Å². The van der Waals surface area contributed by atoms with Gasteiger partial charge in [-0.05, 0) is 37.0 Å². The molecular weight excluding hydrogens is 269 g/mol.